The highest BCUT2D eigenvalue weighted by Gasteiger charge is 2.09. The summed E-state index contributed by atoms with van der Waals surface area (Å²) in [5, 5.41) is 12.5. The quantitative estimate of drug-likeness (QED) is 0.836. The average Bonchev–Trinajstić information content (AvgIpc) is 2.19. The van der Waals surface area contributed by atoms with Gasteiger partial charge in [-0.05, 0) is 26.3 Å². The van der Waals surface area contributed by atoms with Gasteiger partial charge in [-0.3, -0.25) is 0 Å². The molecule has 0 saturated heterocycles. The van der Waals surface area contributed by atoms with Gasteiger partial charge in [0.1, 0.15) is 5.82 Å². The van der Waals surface area contributed by atoms with Crippen molar-refractivity contribution in [2.24, 2.45) is 0 Å². The molecule has 0 fully saturated rings. The molecule has 0 bridgehead atoms. The van der Waals surface area contributed by atoms with Crippen LogP contribution in [0.1, 0.15) is 25.8 Å². The second kappa shape index (κ2) is 6.18. The van der Waals surface area contributed by atoms with Crippen molar-refractivity contribution in [3.05, 3.63) is 34.6 Å². The van der Waals surface area contributed by atoms with Crippen molar-refractivity contribution < 1.29 is 9.50 Å². The summed E-state index contributed by atoms with van der Waals surface area (Å²) in [5.74, 6) is -0.374. The number of aliphatic hydroxyl groups excluding tert-OH is 1. The van der Waals surface area contributed by atoms with Crippen molar-refractivity contribution in [3.63, 3.8) is 0 Å². The monoisotopic (exact) mass is 245 g/mol. The molecular weight excluding hydrogens is 229 g/mol. The minimum atomic E-state index is -0.374. The molecule has 0 amide bonds. The maximum Gasteiger partial charge on any atom is 0.146 e. The van der Waals surface area contributed by atoms with Crippen LogP contribution in [0.15, 0.2) is 18.2 Å². The molecule has 2 N–H and O–H groups in total. The van der Waals surface area contributed by atoms with Gasteiger partial charge in [-0.1, -0.05) is 23.7 Å². The second-order valence-electron chi connectivity index (χ2n) is 4.08. The highest BCUT2D eigenvalue weighted by Crippen LogP contribution is 2.17. The lowest BCUT2D eigenvalue weighted by molar-refractivity contribution is 0.170. The zero-order valence-electron chi connectivity index (χ0n) is 9.50. The summed E-state index contributed by atoms with van der Waals surface area (Å²) in [4.78, 5) is 0. The predicted molar refractivity (Wildman–Crippen MR) is 64.0 cm³/mol. The van der Waals surface area contributed by atoms with Crippen molar-refractivity contribution in [3.8, 4) is 0 Å². The van der Waals surface area contributed by atoms with Crippen LogP contribution in [0.5, 0.6) is 0 Å². The van der Waals surface area contributed by atoms with Gasteiger partial charge in [0.15, 0.2) is 0 Å². The third kappa shape index (κ3) is 4.08. The molecule has 0 aliphatic rings. The highest BCUT2D eigenvalue weighted by atomic mass is 35.5. The van der Waals surface area contributed by atoms with E-state index in [2.05, 4.69) is 5.32 Å². The van der Waals surface area contributed by atoms with Crippen LogP contribution in [0.2, 0.25) is 5.02 Å². The van der Waals surface area contributed by atoms with E-state index in [0.29, 0.717) is 18.5 Å². The Bertz CT molecular complexity index is 344. The number of hydrogen-bond acceptors (Lipinski definition) is 2. The number of halogens is 2. The van der Waals surface area contributed by atoms with Gasteiger partial charge in [-0.25, -0.2) is 4.39 Å². The van der Waals surface area contributed by atoms with E-state index in [1.54, 1.807) is 19.1 Å². The van der Waals surface area contributed by atoms with Crippen molar-refractivity contribution in [2.45, 2.75) is 39.0 Å². The molecule has 1 aromatic rings. The van der Waals surface area contributed by atoms with Crippen molar-refractivity contribution in [1.29, 1.82) is 0 Å². The van der Waals surface area contributed by atoms with E-state index in [4.69, 9.17) is 11.6 Å². The standard InChI is InChI=1S/C12H17ClFNO/c1-8(6-9(2)16)15-7-10-4-3-5-11(13)12(10)14/h3-5,8-9,15-16H,6-7H2,1-2H3. The Morgan fingerprint density at radius 1 is 1.44 bits per heavy atom. The first-order valence-corrected chi connectivity index (χ1v) is 5.73. The third-order valence-corrected chi connectivity index (χ3v) is 2.66. The van der Waals surface area contributed by atoms with Crippen molar-refractivity contribution >= 4 is 11.6 Å². The van der Waals surface area contributed by atoms with Gasteiger partial charge in [0.25, 0.3) is 0 Å². The van der Waals surface area contributed by atoms with Crippen LogP contribution < -0.4 is 5.32 Å². The first kappa shape index (κ1) is 13.4. The summed E-state index contributed by atoms with van der Waals surface area (Å²) in [5.41, 5.74) is 0.546. The summed E-state index contributed by atoms with van der Waals surface area (Å²) in [6, 6.07) is 5.09. The van der Waals surface area contributed by atoms with E-state index in [-0.39, 0.29) is 23.0 Å². The fourth-order valence-electron chi connectivity index (χ4n) is 1.56. The Balaban J connectivity index is 2.51. The predicted octanol–water partition coefficient (Wildman–Crippen LogP) is 2.73. The normalized spacial score (nSPS) is 14.8. The lowest BCUT2D eigenvalue weighted by Gasteiger charge is -2.15. The Hall–Kier alpha value is -0.640. The van der Waals surface area contributed by atoms with E-state index in [1.807, 2.05) is 6.92 Å². The lowest BCUT2D eigenvalue weighted by atomic mass is 10.1. The third-order valence-electron chi connectivity index (χ3n) is 2.37. The Kier molecular flexibility index (Phi) is 5.19. The first-order chi connectivity index (χ1) is 7.50. The van der Waals surface area contributed by atoms with Gasteiger partial charge in [0.05, 0.1) is 11.1 Å². The van der Waals surface area contributed by atoms with Crippen LogP contribution in [0, 0.1) is 5.82 Å². The van der Waals surface area contributed by atoms with Crippen molar-refractivity contribution in [2.75, 3.05) is 0 Å². The summed E-state index contributed by atoms with van der Waals surface area (Å²) in [6.07, 6.45) is 0.286. The molecule has 0 radical (unpaired) electrons. The lowest BCUT2D eigenvalue weighted by Crippen LogP contribution is -2.29. The molecule has 0 aliphatic carbocycles. The summed E-state index contributed by atoms with van der Waals surface area (Å²) >= 11 is 5.67. The van der Waals surface area contributed by atoms with Gasteiger partial charge >= 0.3 is 0 Å². The highest BCUT2D eigenvalue weighted by molar-refractivity contribution is 6.30. The minimum Gasteiger partial charge on any atom is -0.393 e. The maximum atomic E-state index is 13.5. The molecule has 0 spiro atoms. The number of nitrogens with one attached hydrogen (secondary N) is 1. The average molecular weight is 246 g/mol. The zero-order chi connectivity index (χ0) is 12.1. The van der Waals surface area contributed by atoms with E-state index >= 15 is 0 Å². The fourth-order valence-corrected chi connectivity index (χ4v) is 1.76. The fraction of sp³-hybridized carbons (Fsp3) is 0.500. The molecule has 0 heterocycles. The van der Waals surface area contributed by atoms with Crippen LogP contribution in [0.3, 0.4) is 0 Å². The van der Waals surface area contributed by atoms with Gasteiger partial charge in [-0.2, -0.15) is 0 Å². The number of rotatable bonds is 5. The SMILES string of the molecule is CC(O)CC(C)NCc1cccc(Cl)c1F. The van der Waals surface area contributed by atoms with Crippen molar-refractivity contribution in [1.82, 2.24) is 5.32 Å². The van der Waals surface area contributed by atoms with E-state index in [9.17, 15) is 9.50 Å². The largest absolute Gasteiger partial charge is 0.393 e. The molecule has 16 heavy (non-hydrogen) atoms. The molecule has 1 aromatic carbocycles. The van der Waals surface area contributed by atoms with Crippen LogP contribution in [-0.2, 0) is 6.54 Å². The molecule has 4 heteroatoms. The zero-order valence-corrected chi connectivity index (χ0v) is 10.3. The van der Waals surface area contributed by atoms with E-state index < -0.39 is 0 Å². The Morgan fingerprint density at radius 2 is 2.12 bits per heavy atom. The molecular formula is C12H17ClFNO. The topological polar surface area (TPSA) is 32.3 Å². The van der Waals surface area contributed by atoms with Gasteiger partial charge in [-0.15, -0.1) is 0 Å². The molecule has 1 rings (SSSR count). The molecule has 0 saturated carbocycles. The van der Waals surface area contributed by atoms with Crippen LogP contribution in [-0.4, -0.2) is 17.3 Å². The summed E-state index contributed by atoms with van der Waals surface area (Å²) in [7, 11) is 0. The Labute approximate surface area is 100 Å². The minimum absolute atomic E-state index is 0.137. The van der Waals surface area contributed by atoms with Gasteiger partial charge in [0.2, 0.25) is 0 Å². The van der Waals surface area contributed by atoms with Crippen LogP contribution in [0.25, 0.3) is 0 Å². The number of hydrogen-bond donors (Lipinski definition) is 2. The van der Waals surface area contributed by atoms with Gasteiger partial charge < -0.3 is 10.4 Å². The molecule has 2 nitrogen and oxygen atoms in total. The van der Waals surface area contributed by atoms with Crippen LogP contribution >= 0.6 is 11.6 Å². The maximum absolute atomic E-state index is 13.5. The number of benzene rings is 1. The first-order valence-electron chi connectivity index (χ1n) is 5.35. The van der Waals surface area contributed by atoms with Gasteiger partial charge in [0, 0.05) is 18.2 Å². The molecule has 0 aromatic heterocycles. The summed E-state index contributed by atoms with van der Waals surface area (Å²) < 4.78 is 13.5. The molecule has 2 atom stereocenters. The summed E-state index contributed by atoms with van der Waals surface area (Å²) in [6.45, 7) is 4.10. The molecule has 0 aliphatic heterocycles. The second-order valence-corrected chi connectivity index (χ2v) is 4.49. The Morgan fingerprint density at radius 3 is 2.75 bits per heavy atom. The van der Waals surface area contributed by atoms with E-state index in [0.717, 1.165) is 0 Å². The van der Waals surface area contributed by atoms with E-state index in [1.165, 1.54) is 6.07 Å². The van der Waals surface area contributed by atoms with Crippen LogP contribution in [0.4, 0.5) is 4.39 Å². The molecule has 90 valence electrons. The molecule has 2 unspecified atom stereocenters. The number of aliphatic hydroxyl groups is 1. The smallest absolute Gasteiger partial charge is 0.146 e.